The Morgan fingerprint density at radius 1 is 1.13 bits per heavy atom. The summed E-state index contributed by atoms with van der Waals surface area (Å²) in [6.07, 6.45) is -0.0270. The Kier molecular flexibility index (Phi) is 5.77. The molecule has 0 spiro atoms. The van der Waals surface area contributed by atoms with Crippen LogP contribution in [0.2, 0.25) is 5.02 Å². The lowest BCUT2D eigenvalue weighted by Gasteiger charge is -2.09. The van der Waals surface area contributed by atoms with E-state index in [0.29, 0.717) is 5.02 Å². The second-order valence-electron chi connectivity index (χ2n) is 4.94. The van der Waals surface area contributed by atoms with Crippen LogP contribution in [0.3, 0.4) is 0 Å². The van der Waals surface area contributed by atoms with Gasteiger partial charge in [-0.25, -0.2) is 0 Å². The zero-order valence-corrected chi connectivity index (χ0v) is 13.5. The van der Waals surface area contributed by atoms with Gasteiger partial charge in [-0.1, -0.05) is 35.9 Å². The summed E-state index contributed by atoms with van der Waals surface area (Å²) in [5.74, 6) is -0.860. The molecule has 0 heterocycles. The first-order valence-corrected chi connectivity index (χ1v) is 7.67. The predicted molar refractivity (Wildman–Crippen MR) is 88.8 cm³/mol. The molecule has 120 valence electrons. The zero-order valence-electron chi connectivity index (χ0n) is 12.7. The van der Waals surface area contributed by atoms with Crippen molar-refractivity contribution in [3.63, 3.8) is 0 Å². The standard InChI is InChI=1S/C18H17ClO4/c1-2-23-18(22)10-9-17(21)14-11-12(7-8-16(14)20)13-5-3-4-6-15(13)19/h3-8,11,20H,2,9-10H2,1H3. The Morgan fingerprint density at radius 3 is 2.57 bits per heavy atom. The molecule has 0 bridgehead atoms. The lowest BCUT2D eigenvalue weighted by atomic mass is 9.98. The van der Waals surface area contributed by atoms with Crippen LogP contribution in [-0.2, 0) is 9.53 Å². The fourth-order valence-corrected chi connectivity index (χ4v) is 2.45. The molecular weight excluding hydrogens is 316 g/mol. The fraction of sp³-hybridized carbons (Fsp3) is 0.222. The summed E-state index contributed by atoms with van der Waals surface area (Å²) >= 11 is 6.16. The molecule has 1 N–H and O–H groups in total. The van der Waals surface area contributed by atoms with Gasteiger partial charge in [-0.2, -0.15) is 0 Å². The molecule has 23 heavy (non-hydrogen) atoms. The number of Topliss-reactive ketones (excluding diaryl/α,β-unsaturated/α-hetero) is 1. The normalized spacial score (nSPS) is 10.3. The summed E-state index contributed by atoms with van der Waals surface area (Å²) in [6, 6.07) is 12.0. The molecular formula is C18H17ClO4. The van der Waals surface area contributed by atoms with Crippen molar-refractivity contribution in [1.29, 1.82) is 0 Å². The summed E-state index contributed by atoms with van der Waals surface area (Å²) in [7, 11) is 0. The van der Waals surface area contributed by atoms with Crippen molar-refractivity contribution in [2.45, 2.75) is 19.8 Å². The summed E-state index contributed by atoms with van der Waals surface area (Å²) in [6.45, 7) is 1.99. The molecule has 0 saturated carbocycles. The number of benzene rings is 2. The topological polar surface area (TPSA) is 63.6 Å². The lowest BCUT2D eigenvalue weighted by molar-refractivity contribution is -0.143. The van der Waals surface area contributed by atoms with Gasteiger partial charge in [0.05, 0.1) is 18.6 Å². The van der Waals surface area contributed by atoms with E-state index in [1.54, 1.807) is 25.1 Å². The smallest absolute Gasteiger partial charge is 0.306 e. The predicted octanol–water partition coefficient (Wildman–Crippen LogP) is 4.24. The first-order chi connectivity index (χ1) is 11.0. The van der Waals surface area contributed by atoms with E-state index < -0.39 is 5.97 Å². The van der Waals surface area contributed by atoms with Crippen molar-refractivity contribution in [2.75, 3.05) is 6.61 Å². The van der Waals surface area contributed by atoms with E-state index in [1.165, 1.54) is 6.07 Å². The molecule has 4 nitrogen and oxygen atoms in total. The van der Waals surface area contributed by atoms with Gasteiger partial charge >= 0.3 is 5.97 Å². The average molecular weight is 333 g/mol. The van der Waals surface area contributed by atoms with E-state index >= 15 is 0 Å². The molecule has 2 rings (SSSR count). The SMILES string of the molecule is CCOC(=O)CCC(=O)c1cc(-c2ccccc2Cl)ccc1O. The molecule has 5 heteroatoms. The highest BCUT2D eigenvalue weighted by atomic mass is 35.5. The summed E-state index contributed by atoms with van der Waals surface area (Å²) in [5, 5.41) is 10.5. The van der Waals surface area contributed by atoms with E-state index in [4.69, 9.17) is 16.3 Å². The van der Waals surface area contributed by atoms with Crippen LogP contribution in [-0.4, -0.2) is 23.5 Å². The van der Waals surface area contributed by atoms with E-state index in [9.17, 15) is 14.7 Å². The van der Waals surface area contributed by atoms with Gasteiger partial charge in [0.15, 0.2) is 5.78 Å². The molecule has 0 aromatic heterocycles. The third-order valence-electron chi connectivity index (χ3n) is 3.34. The third kappa shape index (κ3) is 4.33. The maximum absolute atomic E-state index is 12.2. The Labute approximate surface area is 139 Å². The summed E-state index contributed by atoms with van der Waals surface area (Å²) in [4.78, 5) is 23.6. The Balaban J connectivity index is 2.22. The molecule has 2 aromatic carbocycles. The Morgan fingerprint density at radius 2 is 1.87 bits per heavy atom. The maximum atomic E-state index is 12.2. The van der Waals surface area contributed by atoms with Crippen LogP contribution < -0.4 is 0 Å². The number of aromatic hydroxyl groups is 1. The van der Waals surface area contributed by atoms with Gasteiger partial charge in [-0.05, 0) is 30.7 Å². The molecule has 0 atom stereocenters. The van der Waals surface area contributed by atoms with E-state index in [1.807, 2.05) is 18.2 Å². The molecule has 0 aliphatic rings. The first-order valence-electron chi connectivity index (χ1n) is 7.29. The van der Waals surface area contributed by atoms with Crippen LogP contribution in [0.4, 0.5) is 0 Å². The van der Waals surface area contributed by atoms with Crippen molar-refractivity contribution in [3.8, 4) is 16.9 Å². The number of ether oxygens (including phenoxy) is 1. The molecule has 0 fully saturated rings. The van der Waals surface area contributed by atoms with Gasteiger partial charge in [0, 0.05) is 17.0 Å². The van der Waals surface area contributed by atoms with Crippen LogP contribution in [0.25, 0.3) is 11.1 Å². The van der Waals surface area contributed by atoms with E-state index in [2.05, 4.69) is 0 Å². The number of phenols is 1. The summed E-state index contributed by atoms with van der Waals surface area (Å²) < 4.78 is 4.80. The lowest BCUT2D eigenvalue weighted by Crippen LogP contribution is -2.08. The second-order valence-corrected chi connectivity index (χ2v) is 5.35. The van der Waals surface area contributed by atoms with Crippen LogP contribution in [0.5, 0.6) is 5.75 Å². The van der Waals surface area contributed by atoms with Crippen LogP contribution in [0.15, 0.2) is 42.5 Å². The molecule has 0 aliphatic heterocycles. The van der Waals surface area contributed by atoms with Gasteiger partial charge in [0.25, 0.3) is 0 Å². The van der Waals surface area contributed by atoms with Crippen molar-refractivity contribution in [1.82, 2.24) is 0 Å². The highest BCUT2D eigenvalue weighted by Crippen LogP contribution is 2.31. The van der Waals surface area contributed by atoms with Crippen molar-refractivity contribution in [2.24, 2.45) is 0 Å². The number of hydrogen-bond donors (Lipinski definition) is 1. The summed E-state index contributed by atoms with van der Waals surface area (Å²) in [5.41, 5.74) is 1.67. The molecule has 0 unspecified atom stereocenters. The van der Waals surface area contributed by atoms with Crippen LogP contribution in [0, 0.1) is 0 Å². The number of hydrogen-bond acceptors (Lipinski definition) is 4. The third-order valence-corrected chi connectivity index (χ3v) is 3.67. The molecule has 0 aliphatic carbocycles. The minimum absolute atomic E-state index is 0.0115. The van der Waals surface area contributed by atoms with E-state index in [-0.39, 0.29) is 36.5 Å². The van der Waals surface area contributed by atoms with Crippen molar-refractivity contribution in [3.05, 3.63) is 53.1 Å². The van der Waals surface area contributed by atoms with Crippen molar-refractivity contribution >= 4 is 23.4 Å². The monoisotopic (exact) mass is 332 g/mol. The Bertz CT molecular complexity index is 725. The van der Waals surface area contributed by atoms with E-state index in [0.717, 1.165) is 11.1 Å². The highest BCUT2D eigenvalue weighted by Gasteiger charge is 2.15. The minimum Gasteiger partial charge on any atom is -0.507 e. The highest BCUT2D eigenvalue weighted by molar-refractivity contribution is 6.33. The quantitative estimate of drug-likeness (QED) is 0.635. The maximum Gasteiger partial charge on any atom is 0.306 e. The molecule has 0 radical (unpaired) electrons. The van der Waals surface area contributed by atoms with Gasteiger partial charge in [-0.3, -0.25) is 9.59 Å². The molecule has 2 aromatic rings. The largest absolute Gasteiger partial charge is 0.507 e. The number of rotatable bonds is 6. The second kappa shape index (κ2) is 7.79. The Hall–Kier alpha value is -2.33. The minimum atomic E-state index is -0.428. The average Bonchev–Trinajstić information content (AvgIpc) is 2.54. The number of halogens is 1. The number of ketones is 1. The fourth-order valence-electron chi connectivity index (χ4n) is 2.21. The first kappa shape index (κ1) is 17.0. The van der Waals surface area contributed by atoms with Gasteiger partial charge in [-0.15, -0.1) is 0 Å². The van der Waals surface area contributed by atoms with Crippen molar-refractivity contribution < 1.29 is 19.4 Å². The van der Waals surface area contributed by atoms with Crippen LogP contribution in [0.1, 0.15) is 30.1 Å². The molecule has 0 saturated heterocycles. The van der Waals surface area contributed by atoms with Gasteiger partial charge < -0.3 is 9.84 Å². The zero-order chi connectivity index (χ0) is 16.8. The molecule has 0 amide bonds. The van der Waals surface area contributed by atoms with Crippen LogP contribution >= 0.6 is 11.6 Å². The number of carbonyl (C=O) groups excluding carboxylic acids is 2. The van der Waals surface area contributed by atoms with Gasteiger partial charge in [0.2, 0.25) is 0 Å². The number of esters is 1. The number of phenolic OH excluding ortho intramolecular Hbond substituents is 1. The number of carbonyl (C=O) groups is 2. The van der Waals surface area contributed by atoms with Gasteiger partial charge in [0.1, 0.15) is 5.75 Å².